The van der Waals surface area contributed by atoms with Gasteiger partial charge in [-0.25, -0.2) is 16.8 Å². The average Bonchev–Trinajstić information content (AvgIpc) is 3.05. The molecule has 1 atom stereocenters. The molecule has 1 aliphatic rings. The quantitative estimate of drug-likeness (QED) is 0.629. The predicted octanol–water partition coefficient (Wildman–Crippen LogP) is 2.56. The standard InChI is InChI=1S/C21H20N2O5S2/c24-21(22-19-10-11-29(25,26)14-19)17-6-3-7-18(12-17)23-30(27,28)20-9-8-15-4-1-2-5-16(15)13-20/h1-9,12-13,19,23H,10-11,14H2,(H,22,24)/t19-/m0/s1. The highest BCUT2D eigenvalue weighted by Gasteiger charge is 2.29. The lowest BCUT2D eigenvalue weighted by atomic mass is 10.1. The van der Waals surface area contributed by atoms with Gasteiger partial charge in [-0.2, -0.15) is 0 Å². The van der Waals surface area contributed by atoms with Gasteiger partial charge >= 0.3 is 0 Å². The first kappa shape index (κ1) is 20.4. The van der Waals surface area contributed by atoms with E-state index in [4.69, 9.17) is 0 Å². The molecule has 4 rings (SSSR count). The van der Waals surface area contributed by atoms with E-state index in [0.29, 0.717) is 6.42 Å². The van der Waals surface area contributed by atoms with E-state index in [1.54, 1.807) is 30.3 Å². The number of amides is 1. The van der Waals surface area contributed by atoms with Crippen molar-refractivity contribution < 1.29 is 21.6 Å². The van der Waals surface area contributed by atoms with Crippen molar-refractivity contribution in [2.75, 3.05) is 16.2 Å². The predicted molar refractivity (Wildman–Crippen MR) is 116 cm³/mol. The van der Waals surface area contributed by atoms with Crippen molar-refractivity contribution in [3.8, 4) is 0 Å². The first-order valence-corrected chi connectivity index (χ1v) is 12.7. The fourth-order valence-electron chi connectivity index (χ4n) is 3.45. The van der Waals surface area contributed by atoms with Crippen LogP contribution >= 0.6 is 0 Å². The number of benzene rings is 3. The molecule has 9 heteroatoms. The van der Waals surface area contributed by atoms with E-state index in [1.807, 2.05) is 24.3 Å². The van der Waals surface area contributed by atoms with Gasteiger partial charge in [0.1, 0.15) is 0 Å². The Balaban J connectivity index is 1.52. The van der Waals surface area contributed by atoms with E-state index in [2.05, 4.69) is 10.0 Å². The molecule has 0 radical (unpaired) electrons. The van der Waals surface area contributed by atoms with E-state index < -0.39 is 31.8 Å². The van der Waals surface area contributed by atoms with Gasteiger partial charge in [0.2, 0.25) is 0 Å². The number of carbonyl (C=O) groups excluding carboxylic acids is 1. The maximum Gasteiger partial charge on any atom is 0.261 e. The summed E-state index contributed by atoms with van der Waals surface area (Å²) in [5.41, 5.74) is 0.493. The number of hydrogen-bond acceptors (Lipinski definition) is 5. The Kier molecular flexibility index (Phi) is 5.25. The molecule has 1 saturated heterocycles. The molecular formula is C21H20N2O5S2. The summed E-state index contributed by atoms with van der Waals surface area (Å²) < 4.78 is 51.2. The molecule has 156 valence electrons. The smallest absolute Gasteiger partial charge is 0.261 e. The van der Waals surface area contributed by atoms with Crippen LogP contribution in [0.3, 0.4) is 0 Å². The Labute approximate surface area is 175 Å². The maximum atomic E-state index is 12.8. The second-order valence-corrected chi connectivity index (χ2v) is 11.2. The van der Waals surface area contributed by atoms with E-state index in [9.17, 15) is 21.6 Å². The minimum absolute atomic E-state index is 0.0591. The van der Waals surface area contributed by atoms with Crippen molar-refractivity contribution >= 4 is 42.2 Å². The van der Waals surface area contributed by atoms with E-state index in [1.165, 1.54) is 12.1 Å². The molecule has 0 aliphatic carbocycles. The van der Waals surface area contributed by atoms with Crippen LogP contribution in [0.5, 0.6) is 0 Å². The summed E-state index contributed by atoms with van der Waals surface area (Å²) in [5, 5.41) is 4.44. The SMILES string of the molecule is O=C(N[C@H]1CCS(=O)(=O)C1)c1cccc(NS(=O)(=O)c2ccc3ccccc3c2)c1. The van der Waals surface area contributed by atoms with E-state index >= 15 is 0 Å². The number of sulfone groups is 1. The van der Waals surface area contributed by atoms with Crippen molar-refractivity contribution in [2.24, 2.45) is 0 Å². The molecule has 0 spiro atoms. The van der Waals surface area contributed by atoms with Gasteiger partial charge in [-0.15, -0.1) is 0 Å². The van der Waals surface area contributed by atoms with Crippen molar-refractivity contribution in [1.29, 1.82) is 0 Å². The van der Waals surface area contributed by atoms with Gasteiger partial charge in [-0.05, 0) is 47.5 Å². The van der Waals surface area contributed by atoms with E-state index in [-0.39, 0.29) is 27.7 Å². The van der Waals surface area contributed by atoms with Gasteiger partial charge in [-0.3, -0.25) is 9.52 Å². The van der Waals surface area contributed by atoms with Gasteiger partial charge < -0.3 is 5.32 Å². The number of fused-ring (bicyclic) bond motifs is 1. The van der Waals surface area contributed by atoms with Crippen LogP contribution in [0.4, 0.5) is 5.69 Å². The number of sulfonamides is 1. The maximum absolute atomic E-state index is 12.8. The highest BCUT2D eigenvalue weighted by Crippen LogP contribution is 2.22. The summed E-state index contributed by atoms with van der Waals surface area (Å²) in [6.45, 7) is 0. The van der Waals surface area contributed by atoms with Gasteiger partial charge in [0, 0.05) is 17.3 Å². The van der Waals surface area contributed by atoms with Gasteiger partial charge in [0.25, 0.3) is 15.9 Å². The highest BCUT2D eigenvalue weighted by molar-refractivity contribution is 7.92. The van der Waals surface area contributed by atoms with Crippen LogP contribution in [0.15, 0.2) is 71.6 Å². The third-order valence-electron chi connectivity index (χ3n) is 4.98. The summed E-state index contributed by atoms with van der Waals surface area (Å²) >= 11 is 0. The Morgan fingerprint density at radius 2 is 1.70 bits per heavy atom. The Morgan fingerprint density at radius 1 is 0.933 bits per heavy atom. The zero-order chi connectivity index (χ0) is 21.4. The van der Waals surface area contributed by atoms with E-state index in [0.717, 1.165) is 10.8 Å². The van der Waals surface area contributed by atoms with Crippen LogP contribution in [0.2, 0.25) is 0 Å². The minimum atomic E-state index is -3.85. The minimum Gasteiger partial charge on any atom is -0.348 e. The normalized spacial score (nSPS) is 18.2. The van der Waals surface area contributed by atoms with Crippen LogP contribution in [0.1, 0.15) is 16.8 Å². The van der Waals surface area contributed by atoms with Gasteiger partial charge in [0.15, 0.2) is 9.84 Å². The van der Waals surface area contributed by atoms with Crippen LogP contribution in [-0.2, 0) is 19.9 Å². The lowest BCUT2D eigenvalue weighted by Crippen LogP contribution is -2.35. The number of rotatable bonds is 5. The molecule has 30 heavy (non-hydrogen) atoms. The number of anilines is 1. The molecule has 0 bridgehead atoms. The summed E-state index contributed by atoms with van der Waals surface area (Å²) in [6, 6.07) is 18.0. The monoisotopic (exact) mass is 444 g/mol. The van der Waals surface area contributed by atoms with Crippen molar-refractivity contribution in [3.63, 3.8) is 0 Å². The van der Waals surface area contributed by atoms with Crippen LogP contribution < -0.4 is 10.0 Å². The van der Waals surface area contributed by atoms with Crippen LogP contribution in [0.25, 0.3) is 10.8 Å². The molecule has 3 aromatic carbocycles. The van der Waals surface area contributed by atoms with Crippen molar-refractivity contribution in [3.05, 3.63) is 72.3 Å². The number of nitrogens with one attached hydrogen (secondary N) is 2. The van der Waals surface area contributed by atoms with Crippen LogP contribution in [-0.4, -0.2) is 40.3 Å². The Bertz CT molecular complexity index is 1330. The fourth-order valence-corrected chi connectivity index (χ4v) is 6.21. The molecule has 7 nitrogen and oxygen atoms in total. The van der Waals surface area contributed by atoms with Gasteiger partial charge in [-0.1, -0.05) is 36.4 Å². The largest absolute Gasteiger partial charge is 0.348 e. The zero-order valence-corrected chi connectivity index (χ0v) is 17.5. The average molecular weight is 445 g/mol. The molecular weight excluding hydrogens is 424 g/mol. The molecule has 0 saturated carbocycles. The zero-order valence-electron chi connectivity index (χ0n) is 15.9. The van der Waals surface area contributed by atoms with Gasteiger partial charge in [0.05, 0.1) is 16.4 Å². The molecule has 0 unspecified atom stereocenters. The Hall–Kier alpha value is -2.91. The van der Waals surface area contributed by atoms with Crippen molar-refractivity contribution in [2.45, 2.75) is 17.4 Å². The molecule has 1 aliphatic heterocycles. The molecule has 1 fully saturated rings. The summed E-state index contributed by atoms with van der Waals surface area (Å²) in [7, 11) is -6.95. The fraction of sp³-hybridized carbons (Fsp3) is 0.190. The summed E-state index contributed by atoms with van der Waals surface area (Å²) in [6.07, 6.45) is 0.377. The Morgan fingerprint density at radius 3 is 2.43 bits per heavy atom. The molecule has 2 N–H and O–H groups in total. The highest BCUT2D eigenvalue weighted by atomic mass is 32.2. The number of hydrogen-bond donors (Lipinski definition) is 2. The topological polar surface area (TPSA) is 109 Å². The summed E-state index contributed by atoms with van der Waals surface area (Å²) in [5.74, 6) is -0.458. The second kappa shape index (κ2) is 7.73. The molecule has 1 heterocycles. The van der Waals surface area contributed by atoms with Crippen LogP contribution in [0, 0.1) is 0 Å². The third kappa shape index (κ3) is 4.47. The third-order valence-corrected chi connectivity index (χ3v) is 8.12. The molecule has 1 amide bonds. The molecule has 0 aromatic heterocycles. The van der Waals surface area contributed by atoms with Crippen molar-refractivity contribution in [1.82, 2.24) is 5.32 Å². The lowest BCUT2D eigenvalue weighted by Gasteiger charge is -2.13. The number of carbonyl (C=O) groups is 1. The molecule has 3 aromatic rings. The first-order chi connectivity index (χ1) is 14.2. The second-order valence-electron chi connectivity index (χ2n) is 7.27. The summed E-state index contributed by atoms with van der Waals surface area (Å²) in [4.78, 5) is 12.6. The first-order valence-electron chi connectivity index (χ1n) is 9.35. The lowest BCUT2D eigenvalue weighted by molar-refractivity contribution is 0.0941.